The summed E-state index contributed by atoms with van der Waals surface area (Å²) in [6.07, 6.45) is 0. The molecule has 4 heteroatoms. The molecule has 78 valence electrons. The van der Waals surface area contributed by atoms with Crippen LogP contribution in [0.25, 0.3) is 10.4 Å². The lowest BCUT2D eigenvalue weighted by Crippen LogP contribution is -1.76. The molecular weight excluding hydrogens is 251 g/mol. The summed E-state index contributed by atoms with van der Waals surface area (Å²) in [5, 5.41) is 10.2. The highest BCUT2D eigenvalue weighted by Crippen LogP contribution is 2.38. The second kappa shape index (κ2) is 4.05. The fraction of sp³-hybridized carbons (Fsp3) is 0.0909. The van der Waals surface area contributed by atoms with Crippen LogP contribution in [0.1, 0.15) is 4.88 Å². The third kappa shape index (κ3) is 2.12. The van der Waals surface area contributed by atoms with E-state index in [-0.39, 0.29) is 5.75 Å². The molecule has 1 N–H and O–H groups in total. The van der Waals surface area contributed by atoms with E-state index < -0.39 is 0 Å². The highest BCUT2D eigenvalue weighted by atomic mass is 35.5. The molecule has 0 amide bonds. The van der Waals surface area contributed by atoms with Gasteiger partial charge in [-0.3, -0.25) is 0 Å². The summed E-state index contributed by atoms with van der Waals surface area (Å²) in [6, 6.07) is 7.17. The van der Waals surface area contributed by atoms with Gasteiger partial charge in [-0.1, -0.05) is 23.2 Å². The molecule has 1 nitrogen and oxygen atoms in total. The van der Waals surface area contributed by atoms with E-state index in [1.54, 1.807) is 17.4 Å². The minimum atomic E-state index is 0.0127. The van der Waals surface area contributed by atoms with E-state index in [0.717, 1.165) is 10.4 Å². The van der Waals surface area contributed by atoms with Crippen molar-refractivity contribution in [3.8, 4) is 16.2 Å². The molecule has 0 radical (unpaired) electrons. The Labute approximate surface area is 102 Å². The third-order valence-corrected chi connectivity index (χ3v) is 3.69. The van der Waals surface area contributed by atoms with Gasteiger partial charge >= 0.3 is 0 Å². The summed E-state index contributed by atoms with van der Waals surface area (Å²) >= 11 is 13.5. The number of aromatic hydroxyl groups is 1. The second-order valence-electron chi connectivity index (χ2n) is 3.19. The Morgan fingerprint density at radius 1 is 1.13 bits per heavy atom. The number of hydrogen-bond donors (Lipinski definition) is 1. The van der Waals surface area contributed by atoms with Gasteiger partial charge in [-0.15, -0.1) is 11.3 Å². The van der Waals surface area contributed by atoms with Gasteiger partial charge in [-0.25, -0.2) is 0 Å². The minimum absolute atomic E-state index is 0.0127. The first-order valence-corrected chi connectivity index (χ1v) is 5.90. The molecule has 0 atom stereocenters. The third-order valence-electron chi connectivity index (χ3n) is 2.04. The van der Waals surface area contributed by atoms with Crippen LogP contribution in [0.2, 0.25) is 10.0 Å². The zero-order chi connectivity index (χ0) is 11.0. The smallest absolute Gasteiger partial charge is 0.135 e. The summed E-state index contributed by atoms with van der Waals surface area (Å²) in [4.78, 5) is 2.27. The largest absolute Gasteiger partial charge is 0.506 e. The predicted octanol–water partition coefficient (Wildman–Crippen LogP) is 4.74. The minimum Gasteiger partial charge on any atom is -0.506 e. The van der Waals surface area contributed by atoms with Crippen molar-refractivity contribution < 1.29 is 5.11 Å². The first-order chi connectivity index (χ1) is 7.08. The molecule has 2 rings (SSSR count). The number of phenolic OH excluding ortho intramolecular Hbond substituents is 1. The molecule has 0 unspecified atom stereocenters. The van der Waals surface area contributed by atoms with Crippen LogP contribution >= 0.6 is 34.5 Å². The number of rotatable bonds is 1. The van der Waals surface area contributed by atoms with Crippen molar-refractivity contribution in [3.05, 3.63) is 39.2 Å². The summed E-state index contributed by atoms with van der Waals surface area (Å²) in [7, 11) is 0. The van der Waals surface area contributed by atoms with E-state index in [2.05, 4.69) is 0 Å². The topological polar surface area (TPSA) is 20.2 Å². The number of halogens is 2. The molecule has 2 aromatic rings. The van der Waals surface area contributed by atoms with Crippen molar-refractivity contribution in [2.75, 3.05) is 0 Å². The lowest BCUT2D eigenvalue weighted by Gasteiger charge is -2.04. The Kier molecular flexibility index (Phi) is 2.91. The highest BCUT2D eigenvalue weighted by Gasteiger charge is 2.09. The molecule has 1 aromatic heterocycles. The summed E-state index contributed by atoms with van der Waals surface area (Å²) in [5.41, 5.74) is 0.859. The van der Waals surface area contributed by atoms with Crippen LogP contribution in [-0.4, -0.2) is 5.11 Å². The van der Waals surface area contributed by atoms with Crippen LogP contribution in [0.5, 0.6) is 5.75 Å². The predicted molar refractivity (Wildman–Crippen MR) is 66.2 cm³/mol. The molecule has 0 aliphatic rings. The van der Waals surface area contributed by atoms with Gasteiger partial charge in [0.05, 0.1) is 10.0 Å². The van der Waals surface area contributed by atoms with Gasteiger partial charge in [0.15, 0.2) is 0 Å². The van der Waals surface area contributed by atoms with Crippen molar-refractivity contribution in [1.82, 2.24) is 0 Å². The number of phenols is 1. The zero-order valence-corrected chi connectivity index (χ0v) is 10.2. The first kappa shape index (κ1) is 10.8. The van der Waals surface area contributed by atoms with Crippen LogP contribution in [0.3, 0.4) is 0 Å². The van der Waals surface area contributed by atoms with Gasteiger partial charge in [0.1, 0.15) is 5.75 Å². The average Bonchev–Trinajstić information content (AvgIpc) is 2.58. The van der Waals surface area contributed by atoms with E-state index in [1.807, 2.05) is 19.1 Å². The summed E-state index contributed by atoms with van der Waals surface area (Å²) in [6.45, 7) is 2.03. The van der Waals surface area contributed by atoms with Crippen molar-refractivity contribution in [1.29, 1.82) is 0 Å². The number of benzene rings is 1. The van der Waals surface area contributed by atoms with Crippen molar-refractivity contribution in [3.63, 3.8) is 0 Å². The molecule has 0 bridgehead atoms. The molecule has 15 heavy (non-hydrogen) atoms. The summed E-state index contributed by atoms with van der Waals surface area (Å²) < 4.78 is 0. The van der Waals surface area contributed by atoms with Gasteiger partial charge in [0.2, 0.25) is 0 Å². The highest BCUT2D eigenvalue weighted by molar-refractivity contribution is 7.15. The Bertz CT molecular complexity index is 505. The van der Waals surface area contributed by atoms with Gasteiger partial charge < -0.3 is 5.11 Å². The number of thiophene rings is 1. The molecule has 0 saturated carbocycles. The molecule has 1 heterocycles. The lowest BCUT2D eigenvalue weighted by molar-refractivity contribution is 0.475. The van der Waals surface area contributed by atoms with Crippen LogP contribution in [0.4, 0.5) is 0 Å². The standard InChI is InChI=1S/C11H8Cl2OS/c1-6-2-3-11(15-6)7-4-9(13)10(14)5-8(7)12/h2-5,14H,1H3. The van der Waals surface area contributed by atoms with Gasteiger partial charge in [-0.2, -0.15) is 0 Å². The first-order valence-electron chi connectivity index (χ1n) is 4.33. The van der Waals surface area contributed by atoms with Crippen molar-refractivity contribution in [2.45, 2.75) is 6.92 Å². The Morgan fingerprint density at radius 2 is 1.87 bits per heavy atom. The molecule has 0 aliphatic heterocycles. The fourth-order valence-corrected chi connectivity index (χ4v) is 2.68. The number of hydrogen-bond acceptors (Lipinski definition) is 2. The maximum absolute atomic E-state index is 9.36. The van der Waals surface area contributed by atoms with E-state index in [0.29, 0.717) is 10.0 Å². The Morgan fingerprint density at radius 3 is 2.47 bits per heavy atom. The molecule has 0 saturated heterocycles. The van der Waals surface area contributed by atoms with Crippen LogP contribution in [0, 0.1) is 6.92 Å². The lowest BCUT2D eigenvalue weighted by atomic mass is 10.2. The zero-order valence-electron chi connectivity index (χ0n) is 7.92. The van der Waals surface area contributed by atoms with Gasteiger partial charge in [0, 0.05) is 21.4 Å². The van der Waals surface area contributed by atoms with E-state index in [1.165, 1.54) is 10.9 Å². The second-order valence-corrected chi connectivity index (χ2v) is 5.30. The van der Waals surface area contributed by atoms with Crippen molar-refractivity contribution in [2.24, 2.45) is 0 Å². The normalized spacial score (nSPS) is 10.6. The Hall–Kier alpha value is -0.700. The van der Waals surface area contributed by atoms with Crippen LogP contribution in [0.15, 0.2) is 24.3 Å². The average molecular weight is 259 g/mol. The van der Waals surface area contributed by atoms with Crippen LogP contribution < -0.4 is 0 Å². The molecule has 0 aliphatic carbocycles. The monoisotopic (exact) mass is 258 g/mol. The van der Waals surface area contributed by atoms with E-state index >= 15 is 0 Å². The van der Waals surface area contributed by atoms with Gasteiger partial charge in [-0.05, 0) is 25.1 Å². The quantitative estimate of drug-likeness (QED) is 0.784. The maximum Gasteiger partial charge on any atom is 0.135 e. The van der Waals surface area contributed by atoms with E-state index in [4.69, 9.17) is 23.2 Å². The van der Waals surface area contributed by atoms with Gasteiger partial charge in [0.25, 0.3) is 0 Å². The number of aryl methyl sites for hydroxylation is 1. The van der Waals surface area contributed by atoms with Crippen molar-refractivity contribution >= 4 is 34.5 Å². The molecule has 0 fully saturated rings. The molecule has 1 aromatic carbocycles. The van der Waals surface area contributed by atoms with E-state index in [9.17, 15) is 5.11 Å². The fourth-order valence-electron chi connectivity index (χ4n) is 1.30. The molecule has 0 spiro atoms. The van der Waals surface area contributed by atoms with Crippen LogP contribution in [-0.2, 0) is 0 Å². The SMILES string of the molecule is Cc1ccc(-c2cc(Cl)c(O)cc2Cl)s1. The molecular formula is C11H8Cl2OS. The summed E-state index contributed by atoms with van der Waals surface area (Å²) in [5.74, 6) is 0.0127. The Balaban J connectivity index is 2.58. The maximum atomic E-state index is 9.36.